The Hall–Kier alpha value is -0.610. The van der Waals surface area contributed by atoms with Crippen molar-refractivity contribution in [2.24, 2.45) is 5.41 Å². The van der Waals surface area contributed by atoms with E-state index >= 15 is 0 Å². The zero-order valence-corrected chi connectivity index (χ0v) is 10.6. The summed E-state index contributed by atoms with van der Waals surface area (Å²) in [4.78, 5) is 14.1. The molecule has 0 aromatic carbocycles. The first kappa shape index (κ1) is 11.9. The van der Waals surface area contributed by atoms with E-state index in [0.29, 0.717) is 12.1 Å². The first-order valence-electron chi connectivity index (χ1n) is 6.03. The van der Waals surface area contributed by atoms with Crippen LogP contribution in [0.2, 0.25) is 0 Å². The summed E-state index contributed by atoms with van der Waals surface area (Å²) in [6.07, 6.45) is 2.20. The van der Waals surface area contributed by atoms with Gasteiger partial charge in [0.1, 0.15) is 0 Å². The van der Waals surface area contributed by atoms with Gasteiger partial charge in [0.05, 0.1) is 12.1 Å². The molecule has 0 bridgehead atoms. The number of hydrogen-bond acceptors (Lipinski definition) is 3. The molecule has 1 N–H and O–H groups in total. The number of hydrogen-bond donors (Lipinski definition) is 1. The second kappa shape index (κ2) is 4.00. The molecule has 2 fully saturated rings. The zero-order chi connectivity index (χ0) is 11.9. The lowest BCUT2D eigenvalue weighted by molar-refractivity contribution is -0.157. The zero-order valence-electron chi connectivity index (χ0n) is 10.6. The number of carbonyl (C=O) groups excluding carboxylic acids is 1. The highest BCUT2D eigenvalue weighted by molar-refractivity contribution is 5.84. The van der Waals surface area contributed by atoms with Gasteiger partial charge in [0.2, 0.25) is 5.91 Å². The largest absolute Gasteiger partial charge is 0.381 e. The number of likely N-dealkylation sites (tertiary alicyclic amines) is 1. The monoisotopic (exact) mass is 226 g/mol. The molecular formula is C12H22N2O2. The van der Waals surface area contributed by atoms with Crippen LogP contribution in [0.4, 0.5) is 0 Å². The maximum Gasteiger partial charge on any atom is 0.240 e. The van der Waals surface area contributed by atoms with Crippen LogP contribution in [-0.2, 0) is 9.53 Å². The predicted octanol–water partition coefficient (Wildman–Crippen LogP) is 0.620. The molecule has 0 aromatic rings. The van der Waals surface area contributed by atoms with Crippen LogP contribution in [0.3, 0.4) is 0 Å². The molecule has 4 nitrogen and oxygen atoms in total. The van der Waals surface area contributed by atoms with Gasteiger partial charge in [-0.05, 0) is 19.9 Å². The van der Waals surface area contributed by atoms with Crippen LogP contribution in [0.25, 0.3) is 0 Å². The number of methoxy groups -OCH3 is 1. The number of likely N-dealkylation sites (N-methyl/N-ethyl adjacent to an activating group) is 1. The van der Waals surface area contributed by atoms with E-state index in [1.54, 1.807) is 7.11 Å². The lowest BCUT2D eigenvalue weighted by Crippen LogP contribution is -2.62. The molecule has 1 amide bonds. The standard InChI is InChI=1S/C12H22N2O2/c1-12(2)9(7-10(12)16-4)14-6-5-8(13-3)11(14)15/h8-10,13H,5-7H2,1-4H3. The third-order valence-corrected chi connectivity index (χ3v) is 4.38. The summed E-state index contributed by atoms with van der Waals surface area (Å²) in [5, 5.41) is 3.08. The van der Waals surface area contributed by atoms with Gasteiger partial charge in [0.25, 0.3) is 0 Å². The lowest BCUT2D eigenvalue weighted by atomic mass is 9.64. The number of nitrogens with one attached hydrogen (secondary N) is 1. The summed E-state index contributed by atoms with van der Waals surface area (Å²) in [5.74, 6) is 0.259. The molecule has 0 radical (unpaired) electrons. The fourth-order valence-corrected chi connectivity index (χ4v) is 3.07. The second-order valence-corrected chi connectivity index (χ2v) is 5.46. The van der Waals surface area contributed by atoms with Crippen molar-refractivity contribution >= 4 is 5.91 Å². The molecule has 1 aliphatic heterocycles. The summed E-state index contributed by atoms with van der Waals surface area (Å²) in [6, 6.07) is 0.376. The summed E-state index contributed by atoms with van der Waals surface area (Å²) in [7, 11) is 3.61. The minimum atomic E-state index is 0.0254. The van der Waals surface area contributed by atoms with Crippen molar-refractivity contribution in [3.63, 3.8) is 0 Å². The Morgan fingerprint density at radius 1 is 1.50 bits per heavy atom. The molecule has 3 unspecified atom stereocenters. The van der Waals surface area contributed by atoms with E-state index in [4.69, 9.17) is 4.74 Å². The third-order valence-electron chi connectivity index (χ3n) is 4.38. The van der Waals surface area contributed by atoms with Crippen LogP contribution >= 0.6 is 0 Å². The van der Waals surface area contributed by atoms with E-state index < -0.39 is 0 Å². The third kappa shape index (κ3) is 1.55. The molecule has 1 heterocycles. The molecule has 1 aliphatic carbocycles. The van der Waals surface area contributed by atoms with Crippen LogP contribution in [-0.4, -0.2) is 49.7 Å². The Kier molecular flexibility index (Phi) is 2.97. The van der Waals surface area contributed by atoms with Gasteiger partial charge < -0.3 is 15.0 Å². The van der Waals surface area contributed by atoms with Crippen LogP contribution < -0.4 is 5.32 Å². The number of ether oxygens (including phenoxy) is 1. The van der Waals surface area contributed by atoms with Crippen molar-refractivity contribution < 1.29 is 9.53 Å². The smallest absolute Gasteiger partial charge is 0.240 e. The van der Waals surface area contributed by atoms with E-state index in [-0.39, 0.29) is 17.4 Å². The molecule has 92 valence electrons. The molecule has 2 rings (SSSR count). The second-order valence-electron chi connectivity index (χ2n) is 5.46. The minimum Gasteiger partial charge on any atom is -0.381 e. The predicted molar refractivity (Wildman–Crippen MR) is 62.2 cm³/mol. The molecule has 3 atom stereocenters. The van der Waals surface area contributed by atoms with E-state index in [0.717, 1.165) is 19.4 Å². The highest BCUT2D eigenvalue weighted by Gasteiger charge is 2.54. The van der Waals surface area contributed by atoms with Crippen LogP contribution in [0, 0.1) is 5.41 Å². The Bertz CT molecular complexity index is 291. The summed E-state index contributed by atoms with van der Waals surface area (Å²) >= 11 is 0. The highest BCUT2D eigenvalue weighted by Crippen LogP contribution is 2.46. The highest BCUT2D eigenvalue weighted by atomic mass is 16.5. The lowest BCUT2D eigenvalue weighted by Gasteiger charge is -2.54. The number of rotatable bonds is 3. The van der Waals surface area contributed by atoms with E-state index in [1.807, 2.05) is 11.9 Å². The first-order chi connectivity index (χ1) is 7.52. The van der Waals surface area contributed by atoms with E-state index in [1.165, 1.54) is 0 Å². The van der Waals surface area contributed by atoms with Crippen molar-refractivity contribution in [1.29, 1.82) is 0 Å². The summed E-state index contributed by atoms with van der Waals surface area (Å²) in [6.45, 7) is 5.26. The fraction of sp³-hybridized carbons (Fsp3) is 0.917. The van der Waals surface area contributed by atoms with Crippen molar-refractivity contribution in [3.05, 3.63) is 0 Å². The average molecular weight is 226 g/mol. The van der Waals surface area contributed by atoms with Crippen molar-refractivity contribution in [3.8, 4) is 0 Å². The molecule has 0 aromatic heterocycles. The van der Waals surface area contributed by atoms with Gasteiger partial charge in [-0.3, -0.25) is 4.79 Å². The normalized spacial score (nSPS) is 37.6. The Balaban J connectivity index is 2.03. The molecule has 16 heavy (non-hydrogen) atoms. The molecule has 0 spiro atoms. The molecule has 2 aliphatic rings. The van der Waals surface area contributed by atoms with Crippen LogP contribution in [0.1, 0.15) is 26.7 Å². The fourth-order valence-electron chi connectivity index (χ4n) is 3.07. The number of carbonyl (C=O) groups is 1. The molecule has 4 heteroatoms. The van der Waals surface area contributed by atoms with Gasteiger partial charge in [-0.25, -0.2) is 0 Å². The van der Waals surface area contributed by atoms with Gasteiger partial charge in [0, 0.05) is 25.1 Å². The van der Waals surface area contributed by atoms with Crippen molar-refractivity contribution in [1.82, 2.24) is 10.2 Å². The van der Waals surface area contributed by atoms with Gasteiger partial charge in [0.15, 0.2) is 0 Å². The molecule has 1 saturated heterocycles. The van der Waals surface area contributed by atoms with E-state index in [9.17, 15) is 4.79 Å². The Morgan fingerprint density at radius 3 is 2.62 bits per heavy atom. The minimum absolute atomic E-state index is 0.0254. The van der Waals surface area contributed by atoms with E-state index in [2.05, 4.69) is 19.2 Å². The number of amides is 1. The average Bonchev–Trinajstić information content (AvgIpc) is 2.59. The Labute approximate surface area is 97.3 Å². The van der Waals surface area contributed by atoms with Crippen molar-refractivity contribution in [2.45, 2.75) is 44.9 Å². The van der Waals surface area contributed by atoms with Gasteiger partial charge in [-0.2, -0.15) is 0 Å². The maximum absolute atomic E-state index is 12.1. The van der Waals surface area contributed by atoms with Gasteiger partial charge >= 0.3 is 0 Å². The molecular weight excluding hydrogens is 204 g/mol. The first-order valence-corrected chi connectivity index (χ1v) is 6.03. The summed E-state index contributed by atoms with van der Waals surface area (Å²) < 4.78 is 5.43. The SMILES string of the molecule is CNC1CCN(C2CC(OC)C2(C)C)C1=O. The van der Waals surface area contributed by atoms with Crippen molar-refractivity contribution in [2.75, 3.05) is 20.7 Å². The Morgan fingerprint density at radius 2 is 2.19 bits per heavy atom. The topological polar surface area (TPSA) is 41.6 Å². The van der Waals surface area contributed by atoms with Gasteiger partial charge in [-0.15, -0.1) is 0 Å². The van der Waals surface area contributed by atoms with Crippen LogP contribution in [0.5, 0.6) is 0 Å². The molecule has 1 saturated carbocycles. The number of nitrogens with zero attached hydrogens (tertiary/aromatic N) is 1. The quantitative estimate of drug-likeness (QED) is 0.767. The van der Waals surface area contributed by atoms with Gasteiger partial charge in [-0.1, -0.05) is 13.8 Å². The summed E-state index contributed by atoms with van der Waals surface area (Å²) in [5.41, 5.74) is 0.0903. The maximum atomic E-state index is 12.1. The van der Waals surface area contributed by atoms with Crippen LogP contribution in [0.15, 0.2) is 0 Å².